The first kappa shape index (κ1) is 15.0. The highest BCUT2D eigenvalue weighted by Crippen LogP contribution is 2.21. The first-order chi connectivity index (χ1) is 8.87. The lowest BCUT2D eigenvalue weighted by atomic mass is 10.1. The van der Waals surface area contributed by atoms with Crippen LogP contribution in [-0.2, 0) is 9.84 Å². The third-order valence-corrected chi connectivity index (χ3v) is 5.83. The number of rotatable bonds is 4. The normalized spacial score (nSPS) is 23.7. The van der Waals surface area contributed by atoms with Gasteiger partial charge >= 0.3 is 0 Å². The molecule has 1 fully saturated rings. The number of hydrogen-bond acceptors (Lipinski definition) is 4. The molecule has 0 radical (unpaired) electrons. The van der Waals surface area contributed by atoms with Crippen molar-refractivity contribution < 1.29 is 13.5 Å². The van der Waals surface area contributed by atoms with E-state index in [-0.39, 0.29) is 17.5 Å². The molecule has 0 amide bonds. The zero-order valence-corrected chi connectivity index (χ0v) is 13.2. The molecule has 0 bridgehead atoms. The molecule has 1 saturated heterocycles. The van der Waals surface area contributed by atoms with Crippen LogP contribution < -0.4 is 0 Å². The van der Waals surface area contributed by atoms with Crippen LogP contribution in [0.15, 0.2) is 28.7 Å². The second-order valence-corrected chi connectivity index (χ2v) is 8.21. The molecular formula is C13H18BrNO3S. The van der Waals surface area contributed by atoms with Gasteiger partial charge in [-0.15, -0.1) is 0 Å². The number of nitrogens with zero attached hydrogens (tertiary/aromatic N) is 1. The highest BCUT2D eigenvalue weighted by atomic mass is 79.9. The van der Waals surface area contributed by atoms with E-state index in [1.54, 1.807) is 0 Å². The van der Waals surface area contributed by atoms with E-state index < -0.39 is 15.9 Å². The summed E-state index contributed by atoms with van der Waals surface area (Å²) in [6, 6.07) is 7.54. The average Bonchev–Trinajstić information content (AvgIpc) is 2.70. The van der Waals surface area contributed by atoms with Crippen LogP contribution in [0.25, 0.3) is 0 Å². The van der Waals surface area contributed by atoms with Crippen molar-refractivity contribution >= 4 is 25.8 Å². The van der Waals surface area contributed by atoms with E-state index >= 15 is 0 Å². The summed E-state index contributed by atoms with van der Waals surface area (Å²) in [6.45, 7) is 0.446. The van der Waals surface area contributed by atoms with Gasteiger partial charge in [0.25, 0.3) is 0 Å². The zero-order valence-electron chi connectivity index (χ0n) is 10.8. The van der Waals surface area contributed by atoms with Gasteiger partial charge in [-0.25, -0.2) is 8.42 Å². The summed E-state index contributed by atoms with van der Waals surface area (Å²) in [5.74, 6) is 0.465. The topological polar surface area (TPSA) is 57.6 Å². The predicted octanol–water partition coefficient (Wildman–Crippen LogP) is 1.60. The second-order valence-electron chi connectivity index (χ2n) is 5.06. The minimum Gasteiger partial charge on any atom is -0.387 e. The third kappa shape index (κ3) is 4.02. The molecule has 1 aromatic rings. The monoisotopic (exact) mass is 347 g/mol. The van der Waals surface area contributed by atoms with Gasteiger partial charge in [0, 0.05) is 17.1 Å². The number of sulfone groups is 1. The number of benzene rings is 1. The van der Waals surface area contributed by atoms with Crippen molar-refractivity contribution in [2.24, 2.45) is 0 Å². The molecule has 0 spiro atoms. The average molecular weight is 348 g/mol. The molecule has 19 heavy (non-hydrogen) atoms. The lowest BCUT2D eigenvalue weighted by Crippen LogP contribution is -2.35. The van der Waals surface area contributed by atoms with Crippen molar-refractivity contribution in [3.05, 3.63) is 34.3 Å². The molecule has 0 aromatic heterocycles. The summed E-state index contributed by atoms with van der Waals surface area (Å²) in [5.41, 5.74) is 0.843. The molecule has 1 aromatic carbocycles. The molecule has 1 aliphatic heterocycles. The maximum atomic E-state index is 11.4. The van der Waals surface area contributed by atoms with E-state index in [1.807, 2.05) is 36.2 Å². The van der Waals surface area contributed by atoms with E-state index in [1.165, 1.54) is 0 Å². The van der Waals surface area contributed by atoms with Crippen LogP contribution in [0, 0.1) is 0 Å². The minimum absolute atomic E-state index is 0.0232. The van der Waals surface area contributed by atoms with Crippen LogP contribution in [0.2, 0.25) is 0 Å². The molecule has 1 heterocycles. The Morgan fingerprint density at radius 1 is 1.42 bits per heavy atom. The largest absolute Gasteiger partial charge is 0.387 e. The zero-order chi connectivity index (χ0) is 14.0. The van der Waals surface area contributed by atoms with Crippen molar-refractivity contribution in [2.75, 3.05) is 25.1 Å². The van der Waals surface area contributed by atoms with Gasteiger partial charge in [0.1, 0.15) is 0 Å². The Morgan fingerprint density at radius 2 is 2.05 bits per heavy atom. The van der Waals surface area contributed by atoms with Gasteiger partial charge in [-0.05, 0) is 31.2 Å². The maximum Gasteiger partial charge on any atom is 0.151 e. The molecule has 6 heteroatoms. The van der Waals surface area contributed by atoms with E-state index in [0.717, 1.165) is 10.0 Å². The predicted molar refractivity (Wildman–Crippen MR) is 78.8 cm³/mol. The van der Waals surface area contributed by atoms with Crippen molar-refractivity contribution in [2.45, 2.75) is 18.6 Å². The van der Waals surface area contributed by atoms with Crippen LogP contribution in [0.5, 0.6) is 0 Å². The number of halogens is 1. The smallest absolute Gasteiger partial charge is 0.151 e. The van der Waals surface area contributed by atoms with E-state index in [9.17, 15) is 13.5 Å². The van der Waals surface area contributed by atoms with Crippen LogP contribution in [0.1, 0.15) is 18.1 Å². The first-order valence-corrected chi connectivity index (χ1v) is 8.83. The molecule has 106 valence electrons. The highest BCUT2D eigenvalue weighted by molar-refractivity contribution is 9.10. The quantitative estimate of drug-likeness (QED) is 0.898. The molecule has 1 aliphatic rings. The Balaban J connectivity index is 1.95. The van der Waals surface area contributed by atoms with Gasteiger partial charge < -0.3 is 5.11 Å². The third-order valence-electron chi connectivity index (χ3n) is 3.55. The number of likely N-dealkylation sites (N-methyl/N-ethyl adjacent to an activating group) is 1. The van der Waals surface area contributed by atoms with E-state index in [2.05, 4.69) is 15.9 Å². The number of aliphatic hydroxyl groups excluding tert-OH is 1. The van der Waals surface area contributed by atoms with E-state index in [4.69, 9.17) is 0 Å². The van der Waals surface area contributed by atoms with Crippen molar-refractivity contribution in [1.29, 1.82) is 0 Å². The fraction of sp³-hybridized carbons (Fsp3) is 0.538. The van der Waals surface area contributed by atoms with Gasteiger partial charge in [0.05, 0.1) is 17.6 Å². The molecule has 2 rings (SSSR count). The fourth-order valence-corrected chi connectivity index (χ4v) is 4.40. The lowest BCUT2D eigenvalue weighted by molar-refractivity contribution is 0.110. The maximum absolute atomic E-state index is 11.4. The Labute approximate surface area is 122 Å². The van der Waals surface area contributed by atoms with Crippen LogP contribution >= 0.6 is 15.9 Å². The summed E-state index contributed by atoms with van der Waals surface area (Å²) in [4.78, 5) is 1.94. The van der Waals surface area contributed by atoms with Crippen LogP contribution in [0.3, 0.4) is 0 Å². The molecule has 4 nitrogen and oxygen atoms in total. The fourth-order valence-electron chi connectivity index (χ4n) is 2.34. The standard InChI is InChI=1S/C13H18BrNO3S/c1-15(12-6-7-19(17,18)9-12)8-13(16)10-2-4-11(14)5-3-10/h2-5,12-13,16H,6-9H2,1H3. The van der Waals surface area contributed by atoms with Crippen molar-refractivity contribution in [3.8, 4) is 0 Å². The molecule has 0 saturated carbocycles. The van der Waals surface area contributed by atoms with Crippen LogP contribution in [0.4, 0.5) is 0 Å². The SMILES string of the molecule is CN(CC(O)c1ccc(Br)cc1)C1CCS(=O)(=O)C1. The van der Waals surface area contributed by atoms with Gasteiger partial charge in [0.15, 0.2) is 9.84 Å². The summed E-state index contributed by atoms with van der Waals surface area (Å²) in [5, 5.41) is 10.2. The number of aliphatic hydroxyl groups is 1. The molecule has 1 N–H and O–H groups in total. The van der Waals surface area contributed by atoms with Crippen molar-refractivity contribution in [1.82, 2.24) is 4.90 Å². The molecular weight excluding hydrogens is 330 g/mol. The second kappa shape index (κ2) is 5.91. The number of hydrogen-bond donors (Lipinski definition) is 1. The Bertz CT molecular complexity index is 529. The van der Waals surface area contributed by atoms with Gasteiger partial charge in [-0.1, -0.05) is 28.1 Å². The minimum atomic E-state index is -2.88. The van der Waals surface area contributed by atoms with E-state index in [0.29, 0.717) is 13.0 Å². The van der Waals surface area contributed by atoms with Gasteiger partial charge in [-0.2, -0.15) is 0 Å². The van der Waals surface area contributed by atoms with Gasteiger partial charge in [-0.3, -0.25) is 4.90 Å². The Hall–Kier alpha value is -0.430. The lowest BCUT2D eigenvalue weighted by Gasteiger charge is -2.25. The summed E-state index contributed by atoms with van der Waals surface area (Å²) in [7, 11) is -1.01. The first-order valence-electron chi connectivity index (χ1n) is 6.21. The highest BCUT2D eigenvalue weighted by Gasteiger charge is 2.31. The molecule has 2 atom stereocenters. The summed E-state index contributed by atoms with van der Waals surface area (Å²) >= 11 is 3.35. The van der Waals surface area contributed by atoms with Crippen LogP contribution in [-0.4, -0.2) is 49.6 Å². The summed E-state index contributed by atoms with van der Waals surface area (Å²) in [6.07, 6.45) is 0.0627. The summed E-state index contributed by atoms with van der Waals surface area (Å²) < 4.78 is 23.9. The Morgan fingerprint density at radius 3 is 2.58 bits per heavy atom. The van der Waals surface area contributed by atoms with Gasteiger partial charge in [0.2, 0.25) is 0 Å². The molecule has 0 aliphatic carbocycles. The van der Waals surface area contributed by atoms with Crippen molar-refractivity contribution in [3.63, 3.8) is 0 Å². The Kier molecular flexibility index (Phi) is 4.66. The molecule has 2 unspecified atom stereocenters.